The van der Waals surface area contributed by atoms with Crippen LogP contribution >= 0.6 is 0 Å². The summed E-state index contributed by atoms with van der Waals surface area (Å²) in [5.41, 5.74) is 7.15. The zero-order valence-electron chi connectivity index (χ0n) is 15.9. The van der Waals surface area contributed by atoms with Gasteiger partial charge >= 0.3 is 0 Å². The molecule has 2 aromatic rings. The van der Waals surface area contributed by atoms with Gasteiger partial charge in [0.15, 0.2) is 11.6 Å². The minimum absolute atomic E-state index is 0.0257. The lowest BCUT2D eigenvalue weighted by Crippen LogP contribution is -2.41. The van der Waals surface area contributed by atoms with Crippen LogP contribution in [0.2, 0.25) is 0 Å². The van der Waals surface area contributed by atoms with E-state index in [-0.39, 0.29) is 17.8 Å². The molecule has 5 N–H and O–H groups in total. The van der Waals surface area contributed by atoms with Crippen molar-refractivity contribution in [2.75, 3.05) is 18.4 Å². The molecule has 1 aliphatic rings. The topological polar surface area (TPSA) is 124 Å². The Labute approximate surface area is 159 Å². The Kier molecular flexibility index (Phi) is 6.26. The number of carbonyl (C=O) groups excluding carboxylic acids is 1. The fourth-order valence-corrected chi connectivity index (χ4v) is 3.77. The van der Waals surface area contributed by atoms with E-state index in [1.807, 2.05) is 4.90 Å². The van der Waals surface area contributed by atoms with Gasteiger partial charge in [0, 0.05) is 25.2 Å². The van der Waals surface area contributed by atoms with Crippen molar-refractivity contribution < 1.29 is 4.79 Å². The second-order valence-corrected chi connectivity index (χ2v) is 7.38. The number of unbranched alkanes of at least 4 members (excludes halogenated alkanes) is 1. The van der Waals surface area contributed by atoms with Crippen LogP contribution in [0.25, 0.3) is 11.0 Å². The van der Waals surface area contributed by atoms with Gasteiger partial charge in [-0.2, -0.15) is 5.10 Å². The molecule has 2 aromatic heterocycles. The second-order valence-electron chi connectivity index (χ2n) is 7.38. The summed E-state index contributed by atoms with van der Waals surface area (Å²) < 4.78 is 0. The molecule has 0 spiro atoms. The third-order valence-electron chi connectivity index (χ3n) is 5.43. The first-order valence-corrected chi connectivity index (χ1v) is 9.76. The van der Waals surface area contributed by atoms with E-state index >= 15 is 0 Å². The lowest BCUT2D eigenvalue weighted by atomic mass is 9.81. The largest absolute Gasteiger partial charge is 0.370 e. The van der Waals surface area contributed by atoms with E-state index in [2.05, 4.69) is 27.4 Å². The zero-order valence-corrected chi connectivity index (χ0v) is 15.9. The van der Waals surface area contributed by atoms with Gasteiger partial charge in [-0.1, -0.05) is 13.3 Å². The molecule has 8 nitrogen and oxygen atoms in total. The van der Waals surface area contributed by atoms with Crippen molar-refractivity contribution in [3.05, 3.63) is 18.5 Å². The van der Waals surface area contributed by atoms with Gasteiger partial charge in [0.05, 0.1) is 17.3 Å². The zero-order chi connectivity index (χ0) is 19.2. The first kappa shape index (κ1) is 19.1. The number of nitrogens with one attached hydrogen (secondary N) is 3. The molecule has 8 heteroatoms. The van der Waals surface area contributed by atoms with Crippen LogP contribution in [-0.4, -0.2) is 45.0 Å². The van der Waals surface area contributed by atoms with Crippen LogP contribution in [0, 0.1) is 17.2 Å². The molecular formula is C19H29N7O. The highest BCUT2D eigenvalue weighted by Gasteiger charge is 2.28. The third-order valence-corrected chi connectivity index (χ3v) is 5.43. The standard InChI is InChI=1S/C19H29N7O/c1-2-3-10-26(19(20)21)12-13-4-6-14(7-5-13)18(27)24-16-8-9-22-17-15(16)11-23-25-17/h8-9,11,13-14H,2-7,10,12H2,1H3,(H3,20,21)(H2,22,23,24,25,27)/t13-,14-. The van der Waals surface area contributed by atoms with Gasteiger partial charge in [0.1, 0.15) is 0 Å². The first-order chi connectivity index (χ1) is 13.1. The summed E-state index contributed by atoms with van der Waals surface area (Å²) in [7, 11) is 0. The number of nitrogens with zero attached hydrogens (tertiary/aromatic N) is 3. The van der Waals surface area contributed by atoms with Crippen LogP contribution in [0.4, 0.5) is 5.69 Å². The van der Waals surface area contributed by atoms with Crippen LogP contribution in [0.15, 0.2) is 18.5 Å². The summed E-state index contributed by atoms with van der Waals surface area (Å²) in [6.07, 6.45) is 9.21. The van der Waals surface area contributed by atoms with Gasteiger partial charge in [0.25, 0.3) is 0 Å². The predicted octanol–water partition coefficient (Wildman–Crippen LogP) is 2.70. The summed E-state index contributed by atoms with van der Waals surface area (Å²) in [5, 5.41) is 18.4. The molecule has 0 unspecified atom stereocenters. The number of hydrogen-bond donors (Lipinski definition) is 4. The summed E-state index contributed by atoms with van der Waals surface area (Å²) >= 11 is 0. The van der Waals surface area contributed by atoms with E-state index in [0.717, 1.165) is 62.7 Å². The van der Waals surface area contributed by atoms with Crippen molar-refractivity contribution in [1.29, 1.82) is 5.41 Å². The average Bonchev–Trinajstić information content (AvgIpc) is 3.15. The van der Waals surface area contributed by atoms with Crippen LogP contribution in [0.1, 0.15) is 45.4 Å². The predicted molar refractivity (Wildman–Crippen MR) is 106 cm³/mol. The van der Waals surface area contributed by atoms with Crippen molar-refractivity contribution in [1.82, 2.24) is 20.1 Å². The monoisotopic (exact) mass is 371 g/mol. The van der Waals surface area contributed by atoms with Crippen molar-refractivity contribution in [2.24, 2.45) is 17.6 Å². The van der Waals surface area contributed by atoms with Crippen molar-refractivity contribution >= 4 is 28.6 Å². The number of hydrogen-bond acceptors (Lipinski definition) is 4. The fraction of sp³-hybridized carbons (Fsp3) is 0.579. The van der Waals surface area contributed by atoms with E-state index in [4.69, 9.17) is 11.1 Å². The highest BCUT2D eigenvalue weighted by molar-refractivity contribution is 6.00. The Bertz CT molecular complexity index is 779. The third kappa shape index (κ3) is 4.75. The number of carbonyl (C=O) groups is 1. The number of pyridine rings is 1. The molecule has 0 atom stereocenters. The van der Waals surface area contributed by atoms with E-state index in [1.165, 1.54) is 0 Å². The molecule has 27 heavy (non-hydrogen) atoms. The van der Waals surface area contributed by atoms with Crippen LogP contribution in [-0.2, 0) is 4.79 Å². The molecule has 1 saturated carbocycles. The number of H-pyrrole nitrogens is 1. The Morgan fingerprint density at radius 1 is 1.41 bits per heavy atom. The van der Waals surface area contributed by atoms with Gasteiger partial charge < -0.3 is 16.0 Å². The molecule has 2 heterocycles. The smallest absolute Gasteiger partial charge is 0.227 e. The molecule has 0 aromatic carbocycles. The Hall–Kier alpha value is -2.64. The van der Waals surface area contributed by atoms with Gasteiger partial charge in [-0.15, -0.1) is 0 Å². The Morgan fingerprint density at radius 3 is 2.89 bits per heavy atom. The number of rotatable bonds is 7. The maximum absolute atomic E-state index is 12.7. The maximum atomic E-state index is 12.7. The molecule has 1 amide bonds. The second kappa shape index (κ2) is 8.83. The maximum Gasteiger partial charge on any atom is 0.227 e. The number of amides is 1. The van der Waals surface area contributed by atoms with Gasteiger partial charge in [-0.3, -0.25) is 15.3 Å². The van der Waals surface area contributed by atoms with Crippen molar-refractivity contribution in [3.63, 3.8) is 0 Å². The van der Waals surface area contributed by atoms with Crippen LogP contribution in [0.3, 0.4) is 0 Å². The first-order valence-electron chi connectivity index (χ1n) is 9.76. The van der Waals surface area contributed by atoms with Crippen molar-refractivity contribution in [2.45, 2.75) is 45.4 Å². The lowest BCUT2D eigenvalue weighted by Gasteiger charge is -2.32. The molecule has 1 aliphatic carbocycles. The van der Waals surface area contributed by atoms with E-state index in [9.17, 15) is 4.79 Å². The SMILES string of the molecule is CCCCN(C[C@H]1CC[C@H](C(=O)Nc2ccnc3[nH]ncc23)CC1)C(=N)N. The number of nitrogens with two attached hydrogens (primary N) is 1. The molecule has 0 bridgehead atoms. The molecule has 0 radical (unpaired) electrons. The summed E-state index contributed by atoms with van der Waals surface area (Å²) in [6.45, 7) is 3.81. The number of fused-ring (bicyclic) bond motifs is 1. The Morgan fingerprint density at radius 2 is 2.19 bits per heavy atom. The number of anilines is 1. The molecular weight excluding hydrogens is 342 g/mol. The van der Waals surface area contributed by atoms with E-state index in [0.29, 0.717) is 11.6 Å². The molecule has 0 saturated heterocycles. The summed E-state index contributed by atoms with van der Waals surface area (Å²) in [4.78, 5) is 18.9. The molecule has 146 valence electrons. The normalized spacial score (nSPS) is 19.7. The molecule has 1 fully saturated rings. The van der Waals surface area contributed by atoms with Crippen LogP contribution in [0.5, 0.6) is 0 Å². The number of aromatic amines is 1. The van der Waals surface area contributed by atoms with Crippen LogP contribution < -0.4 is 11.1 Å². The fourth-order valence-electron chi connectivity index (χ4n) is 3.77. The summed E-state index contributed by atoms with van der Waals surface area (Å²) in [5.74, 6) is 0.746. The van der Waals surface area contributed by atoms with Gasteiger partial charge in [-0.05, 0) is 44.1 Å². The number of guanidine groups is 1. The lowest BCUT2D eigenvalue weighted by molar-refractivity contribution is -0.121. The van der Waals surface area contributed by atoms with E-state index in [1.54, 1.807) is 18.5 Å². The molecule has 3 rings (SSSR count). The minimum atomic E-state index is 0.0257. The van der Waals surface area contributed by atoms with Gasteiger partial charge in [-0.25, -0.2) is 4.98 Å². The Balaban J connectivity index is 1.52. The minimum Gasteiger partial charge on any atom is -0.370 e. The van der Waals surface area contributed by atoms with E-state index < -0.39 is 0 Å². The quantitative estimate of drug-likeness (QED) is 0.440. The summed E-state index contributed by atoms with van der Waals surface area (Å²) in [6, 6.07) is 1.81. The molecule has 0 aliphatic heterocycles. The highest BCUT2D eigenvalue weighted by Crippen LogP contribution is 2.31. The number of aromatic nitrogens is 3. The average molecular weight is 371 g/mol. The van der Waals surface area contributed by atoms with Crippen molar-refractivity contribution in [3.8, 4) is 0 Å². The van der Waals surface area contributed by atoms with Gasteiger partial charge in [0.2, 0.25) is 5.91 Å². The highest BCUT2D eigenvalue weighted by atomic mass is 16.1.